The zero-order chi connectivity index (χ0) is 14.8. The van der Waals surface area contributed by atoms with Gasteiger partial charge in [0.05, 0.1) is 0 Å². The fourth-order valence-corrected chi connectivity index (χ4v) is 2.64. The maximum absolute atomic E-state index is 4.66. The number of benzene rings is 1. The van der Waals surface area contributed by atoms with Crippen molar-refractivity contribution in [1.82, 2.24) is 10.6 Å². The van der Waals surface area contributed by atoms with Crippen molar-refractivity contribution in [1.29, 1.82) is 0 Å². The van der Waals surface area contributed by atoms with Crippen molar-refractivity contribution in [2.45, 2.75) is 45.1 Å². The molecule has 1 fully saturated rings. The summed E-state index contributed by atoms with van der Waals surface area (Å²) in [4.78, 5) is 4.66. The lowest BCUT2D eigenvalue weighted by Gasteiger charge is -2.16. The molecule has 1 aliphatic rings. The van der Waals surface area contributed by atoms with E-state index in [-0.39, 0.29) is 0 Å². The Balaban J connectivity index is 1.66. The summed E-state index contributed by atoms with van der Waals surface area (Å²) in [7, 11) is 0. The van der Waals surface area contributed by atoms with Crippen LogP contribution in [0.1, 0.15) is 39.0 Å². The van der Waals surface area contributed by atoms with Gasteiger partial charge in [-0.15, -0.1) is 0 Å². The van der Waals surface area contributed by atoms with E-state index in [0.717, 1.165) is 32.0 Å². The van der Waals surface area contributed by atoms with E-state index >= 15 is 0 Å². The van der Waals surface area contributed by atoms with Crippen LogP contribution >= 0.6 is 0 Å². The number of para-hydroxylation sites is 1. The molecule has 0 atom stereocenters. The van der Waals surface area contributed by atoms with Crippen LogP contribution in [0, 0.1) is 0 Å². The molecule has 0 radical (unpaired) electrons. The zero-order valence-corrected chi connectivity index (χ0v) is 13.1. The van der Waals surface area contributed by atoms with Gasteiger partial charge in [-0.25, -0.2) is 0 Å². The molecule has 0 amide bonds. The highest BCUT2D eigenvalue weighted by Crippen LogP contribution is 2.17. The van der Waals surface area contributed by atoms with Crippen LogP contribution in [0.2, 0.25) is 0 Å². The summed E-state index contributed by atoms with van der Waals surface area (Å²) in [5, 5.41) is 10.3. The number of guanidine groups is 1. The van der Waals surface area contributed by atoms with E-state index < -0.39 is 0 Å². The van der Waals surface area contributed by atoms with Crippen molar-refractivity contribution in [2.75, 3.05) is 25.0 Å². The number of nitrogens with zero attached hydrogens (tertiary/aromatic N) is 1. The van der Waals surface area contributed by atoms with E-state index in [2.05, 4.69) is 52.1 Å². The second kappa shape index (κ2) is 9.27. The minimum atomic E-state index is 0.616. The first-order chi connectivity index (χ1) is 10.4. The molecule has 0 heterocycles. The lowest BCUT2D eigenvalue weighted by Crippen LogP contribution is -2.42. The van der Waals surface area contributed by atoms with Crippen molar-refractivity contribution in [3.05, 3.63) is 30.3 Å². The third kappa shape index (κ3) is 6.06. The normalized spacial score (nSPS) is 16.0. The second-order valence-corrected chi connectivity index (χ2v) is 5.53. The Kier molecular flexibility index (Phi) is 6.92. The molecule has 0 unspecified atom stereocenters. The van der Waals surface area contributed by atoms with Crippen molar-refractivity contribution in [3.8, 4) is 0 Å². The van der Waals surface area contributed by atoms with Crippen molar-refractivity contribution < 1.29 is 0 Å². The molecule has 1 aromatic carbocycles. The molecule has 1 aliphatic carbocycles. The maximum Gasteiger partial charge on any atom is 0.191 e. The number of anilines is 1. The third-order valence-corrected chi connectivity index (χ3v) is 3.75. The van der Waals surface area contributed by atoms with Gasteiger partial charge in [-0.2, -0.15) is 0 Å². The van der Waals surface area contributed by atoms with Crippen LogP contribution in [-0.2, 0) is 0 Å². The summed E-state index contributed by atoms with van der Waals surface area (Å²) < 4.78 is 0. The summed E-state index contributed by atoms with van der Waals surface area (Å²) in [6, 6.07) is 10.9. The number of nitrogens with one attached hydrogen (secondary N) is 3. The van der Waals surface area contributed by atoms with Crippen LogP contribution in [0.3, 0.4) is 0 Å². The average molecular weight is 288 g/mol. The molecule has 4 heteroatoms. The van der Waals surface area contributed by atoms with E-state index in [1.54, 1.807) is 0 Å². The van der Waals surface area contributed by atoms with Gasteiger partial charge in [0, 0.05) is 31.4 Å². The topological polar surface area (TPSA) is 48.5 Å². The Bertz CT molecular complexity index is 410. The van der Waals surface area contributed by atoms with Gasteiger partial charge in [-0.3, -0.25) is 4.99 Å². The van der Waals surface area contributed by atoms with E-state index in [4.69, 9.17) is 0 Å². The van der Waals surface area contributed by atoms with Crippen molar-refractivity contribution in [2.24, 2.45) is 4.99 Å². The first kappa shape index (κ1) is 15.7. The lowest BCUT2D eigenvalue weighted by atomic mass is 10.2. The molecule has 3 N–H and O–H groups in total. The van der Waals surface area contributed by atoms with E-state index in [0.29, 0.717) is 6.04 Å². The summed E-state index contributed by atoms with van der Waals surface area (Å²) in [5.74, 6) is 0.976. The highest BCUT2D eigenvalue weighted by Gasteiger charge is 2.15. The standard InChI is InChI=1S/C17H28N4/c1-2-18-17(21-16-11-6-7-12-16)20-14-8-13-19-15-9-4-3-5-10-15/h3-5,9-10,16,19H,2,6-8,11-14H2,1H3,(H2,18,20,21). The molecule has 0 aliphatic heterocycles. The summed E-state index contributed by atoms with van der Waals surface area (Å²) in [6.07, 6.45) is 6.28. The lowest BCUT2D eigenvalue weighted by molar-refractivity contribution is 0.613. The molecule has 1 aromatic rings. The van der Waals surface area contributed by atoms with Gasteiger partial charge in [0.1, 0.15) is 0 Å². The zero-order valence-electron chi connectivity index (χ0n) is 13.1. The molecule has 0 spiro atoms. The minimum absolute atomic E-state index is 0.616. The van der Waals surface area contributed by atoms with Gasteiger partial charge in [-0.05, 0) is 38.3 Å². The maximum atomic E-state index is 4.66. The molecule has 1 saturated carbocycles. The highest BCUT2D eigenvalue weighted by molar-refractivity contribution is 5.80. The van der Waals surface area contributed by atoms with Crippen LogP contribution in [0.4, 0.5) is 5.69 Å². The molecule has 0 bridgehead atoms. The van der Waals surface area contributed by atoms with Crippen LogP contribution in [0.25, 0.3) is 0 Å². The molecule has 116 valence electrons. The summed E-state index contributed by atoms with van der Waals surface area (Å²) in [5.41, 5.74) is 1.18. The molecular formula is C17H28N4. The minimum Gasteiger partial charge on any atom is -0.385 e. The predicted molar refractivity (Wildman–Crippen MR) is 90.9 cm³/mol. The van der Waals surface area contributed by atoms with Gasteiger partial charge >= 0.3 is 0 Å². The van der Waals surface area contributed by atoms with E-state index in [1.807, 2.05) is 6.07 Å². The Morgan fingerprint density at radius 1 is 1.19 bits per heavy atom. The van der Waals surface area contributed by atoms with Gasteiger partial charge < -0.3 is 16.0 Å². The second-order valence-electron chi connectivity index (χ2n) is 5.53. The molecule has 0 aromatic heterocycles. The fourth-order valence-electron chi connectivity index (χ4n) is 2.64. The number of aliphatic imine (C=N–C) groups is 1. The highest BCUT2D eigenvalue weighted by atomic mass is 15.2. The summed E-state index contributed by atoms with van der Waals surface area (Å²) >= 11 is 0. The monoisotopic (exact) mass is 288 g/mol. The van der Waals surface area contributed by atoms with Crippen LogP contribution in [0.15, 0.2) is 35.3 Å². The Labute approximate surface area is 128 Å². The first-order valence-electron chi connectivity index (χ1n) is 8.22. The smallest absolute Gasteiger partial charge is 0.191 e. The summed E-state index contributed by atoms with van der Waals surface area (Å²) in [6.45, 7) is 4.84. The van der Waals surface area contributed by atoms with E-state index in [1.165, 1.54) is 31.4 Å². The molecular weight excluding hydrogens is 260 g/mol. The van der Waals surface area contributed by atoms with Crippen LogP contribution in [0.5, 0.6) is 0 Å². The molecule has 2 rings (SSSR count). The first-order valence-corrected chi connectivity index (χ1v) is 8.22. The molecule has 0 saturated heterocycles. The Hall–Kier alpha value is -1.71. The predicted octanol–water partition coefficient (Wildman–Crippen LogP) is 2.99. The quantitative estimate of drug-likeness (QED) is 0.411. The third-order valence-electron chi connectivity index (χ3n) is 3.75. The van der Waals surface area contributed by atoms with Crippen molar-refractivity contribution in [3.63, 3.8) is 0 Å². The SMILES string of the molecule is CCNC(=NCCCNc1ccccc1)NC1CCCC1. The Morgan fingerprint density at radius 2 is 1.95 bits per heavy atom. The van der Waals surface area contributed by atoms with E-state index in [9.17, 15) is 0 Å². The number of hydrogen-bond donors (Lipinski definition) is 3. The fraction of sp³-hybridized carbons (Fsp3) is 0.588. The van der Waals surface area contributed by atoms with Crippen LogP contribution in [-0.4, -0.2) is 31.6 Å². The average Bonchev–Trinajstić information content (AvgIpc) is 3.01. The van der Waals surface area contributed by atoms with Crippen molar-refractivity contribution >= 4 is 11.6 Å². The number of hydrogen-bond acceptors (Lipinski definition) is 2. The Morgan fingerprint density at radius 3 is 2.67 bits per heavy atom. The van der Waals surface area contributed by atoms with Gasteiger partial charge in [0.25, 0.3) is 0 Å². The molecule has 21 heavy (non-hydrogen) atoms. The number of rotatable bonds is 7. The molecule has 4 nitrogen and oxygen atoms in total. The van der Waals surface area contributed by atoms with Gasteiger partial charge in [-0.1, -0.05) is 31.0 Å². The van der Waals surface area contributed by atoms with Crippen LogP contribution < -0.4 is 16.0 Å². The van der Waals surface area contributed by atoms with Gasteiger partial charge in [0.15, 0.2) is 5.96 Å². The van der Waals surface area contributed by atoms with Gasteiger partial charge in [0.2, 0.25) is 0 Å². The largest absolute Gasteiger partial charge is 0.385 e.